The molecule has 6 heavy (non-hydrogen) atoms. The van der Waals surface area contributed by atoms with E-state index >= 15 is 0 Å². The van der Waals surface area contributed by atoms with Gasteiger partial charge in [0.15, 0.2) is 0 Å². The zero-order valence-electron chi connectivity index (χ0n) is 4.11. The molecule has 36 valence electrons. The molecular formula is C5H9I. The normalized spacial score (nSPS) is 55.5. The van der Waals surface area contributed by atoms with Gasteiger partial charge in [-0.1, -0.05) is 36.4 Å². The zero-order chi connectivity index (χ0) is 4.73. The first-order valence-electron chi connectivity index (χ1n) is 2.37. The molecule has 0 unspecified atom stereocenters. The molecule has 1 aliphatic rings. The summed E-state index contributed by atoms with van der Waals surface area (Å²) in [6.07, 6.45) is 0. The molecule has 0 aromatic heterocycles. The molecule has 0 heterocycles. The van der Waals surface area contributed by atoms with E-state index in [1.165, 1.54) is 0 Å². The van der Waals surface area contributed by atoms with E-state index in [-0.39, 0.29) is 0 Å². The van der Waals surface area contributed by atoms with Crippen LogP contribution in [0, 0.1) is 11.8 Å². The van der Waals surface area contributed by atoms with Crippen molar-refractivity contribution in [1.82, 2.24) is 0 Å². The van der Waals surface area contributed by atoms with Crippen molar-refractivity contribution in [2.45, 2.75) is 17.8 Å². The lowest BCUT2D eigenvalue weighted by Gasteiger charge is -1.66. The average Bonchev–Trinajstić information content (AvgIpc) is 1.94. The fourth-order valence-electron chi connectivity index (χ4n) is 0.602. The highest BCUT2D eigenvalue weighted by Crippen LogP contribution is 2.44. The Bertz CT molecular complexity index is 40.7. The van der Waals surface area contributed by atoms with Crippen LogP contribution in [0.2, 0.25) is 0 Å². The van der Waals surface area contributed by atoms with E-state index in [0.29, 0.717) is 0 Å². The monoisotopic (exact) mass is 196 g/mol. The third-order valence-electron chi connectivity index (χ3n) is 1.69. The summed E-state index contributed by atoms with van der Waals surface area (Å²) in [6, 6.07) is 0. The smallest absolute Gasteiger partial charge is 0.0167 e. The van der Waals surface area contributed by atoms with Gasteiger partial charge in [-0.15, -0.1) is 0 Å². The van der Waals surface area contributed by atoms with Crippen LogP contribution >= 0.6 is 22.6 Å². The Hall–Kier alpha value is 0.730. The van der Waals surface area contributed by atoms with Crippen molar-refractivity contribution in [3.8, 4) is 0 Å². The molecule has 1 saturated carbocycles. The lowest BCUT2D eigenvalue weighted by atomic mass is 10.4. The zero-order valence-corrected chi connectivity index (χ0v) is 6.27. The van der Waals surface area contributed by atoms with Gasteiger partial charge in [0.25, 0.3) is 0 Å². The van der Waals surface area contributed by atoms with Gasteiger partial charge in [0.1, 0.15) is 0 Å². The van der Waals surface area contributed by atoms with E-state index in [4.69, 9.17) is 0 Å². The summed E-state index contributed by atoms with van der Waals surface area (Å²) in [5.41, 5.74) is 0. The first kappa shape index (κ1) is 4.88. The minimum absolute atomic E-state index is 0.989. The summed E-state index contributed by atoms with van der Waals surface area (Å²) in [5, 5.41) is 0. The molecule has 1 heteroatoms. The van der Waals surface area contributed by atoms with Gasteiger partial charge in [-0.05, 0) is 11.8 Å². The second-order valence-electron chi connectivity index (χ2n) is 2.16. The largest absolute Gasteiger partial charge is 0.0820 e. The fourth-order valence-corrected chi connectivity index (χ4v) is 1.67. The van der Waals surface area contributed by atoms with Gasteiger partial charge in [-0.2, -0.15) is 0 Å². The highest BCUT2D eigenvalue weighted by atomic mass is 127. The Morgan fingerprint density at radius 3 is 1.33 bits per heavy atom. The van der Waals surface area contributed by atoms with Gasteiger partial charge in [0, 0.05) is 3.92 Å². The SMILES string of the molecule is C[C@@H]1[C@H](C)[C@@H]1I. The second kappa shape index (κ2) is 1.35. The molecule has 0 radical (unpaired) electrons. The molecule has 3 atom stereocenters. The van der Waals surface area contributed by atoms with Crippen molar-refractivity contribution in [3.05, 3.63) is 0 Å². The van der Waals surface area contributed by atoms with Gasteiger partial charge >= 0.3 is 0 Å². The molecular weight excluding hydrogens is 187 g/mol. The predicted octanol–water partition coefficient (Wildman–Crippen LogP) is 2.08. The third kappa shape index (κ3) is 0.572. The Balaban J connectivity index is 2.31. The van der Waals surface area contributed by atoms with Crippen LogP contribution < -0.4 is 0 Å². The molecule has 0 aliphatic heterocycles. The lowest BCUT2D eigenvalue weighted by Crippen LogP contribution is -1.60. The fraction of sp³-hybridized carbons (Fsp3) is 1.00. The van der Waals surface area contributed by atoms with Crippen LogP contribution in [0.15, 0.2) is 0 Å². The van der Waals surface area contributed by atoms with E-state index in [1.54, 1.807) is 0 Å². The van der Waals surface area contributed by atoms with Crippen molar-refractivity contribution in [2.24, 2.45) is 11.8 Å². The van der Waals surface area contributed by atoms with Crippen LogP contribution in [0.1, 0.15) is 13.8 Å². The van der Waals surface area contributed by atoms with Gasteiger partial charge < -0.3 is 0 Å². The maximum absolute atomic E-state index is 2.51. The van der Waals surface area contributed by atoms with Gasteiger partial charge in [0.05, 0.1) is 0 Å². The molecule has 0 spiro atoms. The minimum Gasteiger partial charge on any atom is -0.0820 e. The molecule has 1 aliphatic carbocycles. The van der Waals surface area contributed by atoms with Crippen molar-refractivity contribution < 1.29 is 0 Å². The van der Waals surface area contributed by atoms with Gasteiger partial charge in [0.2, 0.25) is 0 Å². The molecule has 1 fully saturated rings. The number of alkyl halides is 1. The molecule has 0 amide bonds. The van der Waals surface area contributed by atoms with E-state index in [2.05, 4.69) is 36.4 Å². The molecule has 0 aromatic carbocycles. The molecule has 1 rings (SSSR count). The number of hydrogen-bond acceptors (Lipinski definition) is 0. The first-order valence-corrected chi connectivity index (χ1v) is 3.62. The van der Waals surface area contributed by atoms with E-state index in [9.17, 15) is 0 Å². The lowest BCUT2D eigenvalue weighted by molar-refractivity contribution is 0.834. The number of rotatable bonds is 0. The molecule has 0 nitrogen and oxygen atoms in total. The van der Waals surface area contributed by atoms with E-state index in [0.717, 1.165) is 15.8 Å². The Morgan fingerprint density at radius 2 is 1.33 bits per heavy atom. The van der Waals surface area contributed by atoms with E-state index in [1.807, 2.05) is 0 Å². The molecule has 0 saturated heterocycles. The van der Waals surface area contributed by atoms with Crippen molar-refractivity contribution in [3.63, 3.8) is 0 Å². The summed E-state index contributed by atoms with van der Waals surface area (Å²) in [4.78, 5) is 0. The first-order chi connectivity index (χ1) is 2.73. The molecule has 0 aromatic rings. The van der Waals surface area contributed by atoms with Crippen molar-refractivity contribution in [1.29, 1.82) is 0 Å². The molecule has 0 N–H and O–H groups in total. The number of halogens is 1. The Kier molecular flexibility index (Phi) is 1.10. The van der Waals surface area contributed by atoms with Crippen LogP contribution in [0.3, 0.4) is 0 Å². The summed E-state index contributed by atoms with van der Waals surface area (Å²) < 4.78 is 0.989. The maximum Gasteiger partial charge on any atom is 0.0167 e. The topological polar surface area (TPSA) is 0 Å². The standard InChI is InChI=1S/C5H9I/c1-3-4(2)5(3)6/h3-5H,1-2H3/t3-,4+,5-. The second-order valence-corrected chi connectivity index (χ2v) is 3.60. The van der Waals surface area contributed by atoms with Gasteiger partial charge in [-0.25, -0.2) is 0 Å². The van der Waals surface area contributed by atoms with Crippen LogP contribution in [-0.4, -0.2) is 3.92 Å². The van der Waals surface area contributed by atoms with E-state index < -0.39 is 0 Å². The third-order valence-corrected chi connectivity index (χ3v) is 3.96. The average molecular weight is 196 g/mol. The van der Waals surface area contributed by atoms with Crippen LogP contribution in [0.4, 0.5) is 0 Å². The summed E-state index contributed by atoms with van der Waals surface area (Å²) in [5.74, 6) is 2.01. The Morgan fingerprint density at radius 1 is 1.17 bits per heavy atom. The quantitative estimate of drug-likeness (QED) is 0.411. The van der Waals surface area contributed by atoms with Crippen LogP contribution in [-0.2, 0) is 0 Å². The van der Waals surface area contributed by atoms with Crippen molar-refractivity contribution >= 4 is 22.6 Å². The summed E-state index contributed by atoms with van der Waals surface area (Å²) in [7, 11) is 0. The highest BCUT2D eigenvalue weighted by Gasteiger charge is 2.39. The maximum atomic E-state index is 2.51. The Labute approximate surface area is 52.5 Å². The van der Waals surface area contributed by atoms with Crippen molar-refractivity contribution in [2.75, 3.05) is 0 Å². The van der Waals surface area contributed by atoms with Crippen LogP contribution in [0.25, 0.3) is 0 Å². The predicted molar refractivity (Wildman–Crippen MR) is 36.1 cm³/mol. The summed E-state index contributed by atoms with van der Waals surface area (Å²) in [6.45, 7) is 4.61. The highest BCUT2D eigenvalue weighted by molar-refractivity contribution is 14.1. The number of hydrogen-bond donors (Lipinski definition) is 0. The van der Waals surface area contributed by atoms with Crippen LogP contribution in [0.5, 0.6) is 0 Å². The minimum atomic E-state index is 0.989. The van der Waals surface area contributed by atoms with Gasteiger partial charge in [-0.3, -0.25) is 0 Å². The molecule has 0 bridgehead atoms. The summed E-state index contributed by atoms with van der Waals surface area (Å²) >= 11 is 2.51.